The van der Waals surface area contributed by atoms with E-state index in [-0.39, 0.29) is 81.1 Å². The molecule has 4 heterocycles. The maximum atomic E-state index is 10.8. The number of halogens is 13. The molecule has 0 spiro atoms. The van der Waals surface area contributed by atoms with Gasteiger partial charge in [-0.15, -0.1) is 12.4 Å². The van der Waals surface area contributed by atoms with Gasteiger partial charge in [0.05, 0.1) is 36.4 Å². The number of nitriles is 1. The molecule has 0 amide bonds. The topological polar surface area (TPSA) is 459 Å². The van der Waals surface area contributed by atoms with Gasteiger partial charge in [-0.25, -0.2) is 35.3 Å². The molecule has 0 aliphatic rings. The number of aliphatic hydroxyl groups is 1. The number of H-pyrrole nitrogens is 1. The van der Waals surface area contributed by atoms with Crippen molar-refractivity contribution in [2.45, 2.75) is 82.6 Å². The molecule has 4 aromatic heterocycles. The Labute approximate surface area is 519 Å². The molecule has 41 heteroatoms. The van der Waals surface area contributed by atoms with E-state index in [2.05, 4.69) is 120 Å². The molecule has 0 saturated carbocycles. The van der Waals surface area contributed by atoms with E-state index in [1.807, 2.05) is 26.8 Å². The van der Waals surface area contributed by atoms with Crippen molar-refractivity contribution < 1.29 is 70.0 Å². The summed E-state index contributed by atoms with van der Waals surface area (Å²) in [5, 5.41) is 45.3. The zero-order chi connectivity index (χ0) is 59.5. The van der Waals surface area contributed by atoms with E-state index in [4.69, 9.17) is 90.5 Å². The van der Waals surface area contributed by atoms with E-state index in [1.165, 1.54) is 34.8 Å². The number of nitrogen functional groups attached to an aromatic ring is 1. The SMILES string of the molecule is CC#N.CC(=O)CC(C)=O.CC(N)=NCl.CO.COC(C)=[NH2+].Cc1cc(C)nc(C)n1.Cc1nc(Cl)c(N)c(Cl)n1.Cc1nc(Cl)c([N+](=O)[O-])c(Cl)n1.Cc1nc(O)c([N+](=O)[O-])c(=O)[nH]1.Cl.I[I-]I.N.O=P(Cl)(Cl)Cl.[Cl-]. The van der Waals surface area contributed by atoms with Crippen LogP contribution in [0.25, 0.3) is 0 Å². The average molecular weight is 1640 g/mol. The first-order valence-corrected chi connectivity index (χ1v) is 37.0. The third kappa shape index (κ3) is 65.8. The molecule has 0 aliphatic heterocycles. The number of rotatable bonds is 4. The fourth-order valence-corrected chi connectivity index (χ4v) is 4.23. The molecule has 0 radical (unpaired) electrons. The molecular weight excluding hydrogens is 1590 g/mol. The third-order valence-electron chi connectivity index (χ3n) is 5.28. The Kier molecular flexibility index (Phi) is 72.2. The molecule has 0 aliphatic carbocycles. The first kappa shape index (κ1) is 95.8. The summed E-state index contributed by atoms with van der Waals surface area (Å²) in [6, 6.07) is 3.72. The zero-order valence-corrected chi connectivity index (χ0v) is 57.1. The number of ketones is 2. The normalized spacial score (nSPS) is 8.80. The van der Waals surface area contributed by atoms with Crippen molar-refractivity contribution in [3.05, 3.63) is 91.9 Å². The molecule has 0 bridgehead atoms. The predicted molar refractivity (Wildman–Crippen MR) is 312 cm³/mol. The Hall–Kier alpha value is -2.47. The summed E-state index contributed by atoms with van der Waals surface area (Å²) >= 11 is 46.0. The minimum Gasteiger partial charge on any atom is -1.00 e. The van der Waals surface area contributed by atoms with Crippen LogP contribution in [0.15, 0.2) is 15.4 Å². The first-order chi connectivity index (χ1) is 33.3. The quantitative estimate of drug-likeness (QED) is 0.0222. The second kappa shape index (κ2) is 57.2. The number of aromatic amines is 1. The second-order valence-corrected chi connectivity index (χ2v) is 36.3. The van der Waals surface area contributed by atoms with Gasteiger partial charge in [-0.1, -0.05) is 46.4 Å². The molecular formula is C35H55Cl10I3N16O11P-. The number of nitro groups is 2. The number of aryl methyl sites for hydroxylation is 6. The Bertz CT molecular complexity index is 2400. The zero-order valence-electron chi connectivity index (χ0n) is 42.1. The number of ether oxygens (including phenoxy) is 1. The van der Waals surface area contributed by atoms with Gasteiger partial charge in [0, 0.05) is 37.2 Å². The van der Waals surface area contributed by atoms with Crippen LogP contribution in [0.3, 0.4) is 0 Å². The van der Waals surface area contributed by atoms with Gasteiger partial charge in [-0.2, -0.15) is 14.8 Å². The van der Waals surface area contributed by atoms with E-state index in [0.29, 0.717) is 36.6 Å². The standard InChI is InChI=1S/C7H10N2.C5H3Cl2N3O2.C5H5Cl2N3.C5H5N3O4.C5H8O2.C3H7NO.C2H5ClN2.C2H3N.CH4O.Cl3OP.2ClH.I3.H3N/c1-5-4-6(2)9-7(3)8-5;1-2-8-4(6)3(10(11)12)5(7)9-2;1-2-9-4(6)3(8)5(7)10-2;1-2-6-4(9)3(8(11)12)5(10)7-2;1-4(6)3-5(2)7;1-3(4)5-2;1-2(4)5-3;1-2-3;1-2;1-5(2,3)4;;;1-3-2;/h4H,1-3H3;1H3;8H2,1H3;1H3,(H2,6,7,9,10);3H2,1-2H3;4H,1-2H3;1H3,(H2,4,5);1H3;2H,1H3;;2*1H;;1H3/q;;;;;;;;;;;;-1;. The Morgan fingerprint density at radius 1 is 0.842 bits per heavy atom. The molecule has 0 atom stereocenters. The predicted octanol–water partition coefficient (Wildman–Crippen LogP) is 3.96. The van der Waals surface area contributed by atoms with Crippen LogP contribution in [0, 0.1) is 73.1 Å². The van der Waals surface area contributed by atoms with Crippen LogP contribution in [0.4, 0.5) is 17.1 Å². The number of aliphatic hydroxyl groups excluding tert-OH is 1. The summed E-state index contributed by atoms with van der Waals surface area (Å²) in [5.41, 5.74) is 10.2. The average Bonchev–Trinajstić information content (AvgIpc) is 3.20. The second-order valence-electron chi connectivity index (χ2n) is 11.8. The molecule has 4 aromatic rings. The smallest absolute Gasteiger partial charge is 0.339 e. The number of aromatic nitrogens is 8. The van der Waals surface area contributed by atoms with E-state index in [1.54, 1.807) is 33.8 Å². The summed E-state index contributed by atoms with van der Waals surface area (Å²) in [5.74, 6) is 1.72. The van der Waals surface area contributed by atoms with Crippen molar-refractivity contribution in [3.63, 3.8) is 0 Å². The van der Waals surface area contributed by atoms with Gasteiger partial charge >= 0.3 is 78.5 Å². The number of methoxy groups -OCH3 is 1. The van der Waals surface area contributed by atoms with Gasteiger partial charge in [0.25, 0.3) is 5.88 Å². The van der Waals surface area contributed by atoms with Gasteiger partial charge in [0.1, 0.15) is 46.4 Å². The Balaban J connectivity index is -0.0000000813. The number of hydrogen-bond acceptors (Lipinski definition) is 22. The fourth-order valence-electron chi connectivity index (χ4n) is 3.15. The van der Waals surface area contributed by atoms with Crippen LogP contribution in [-0.2, 0) is 18.9 Å². The van der Waals surface area contributed by atoms with Gasteiger partial charge in [0.2, 0.25) is 10.3 Å². The number of carbonyl (C=O) groups is 2. The van der Waals surface area contributed by atoms with E-state index < -0.39 is 37.9 Å². The summed E-state index contributed by atoms with van der Waals surface area (Å²) < 4.78 is 17.0. The van der Waals surface area contributed by atoms with E-state index in [9.17, 15) is 39.2 Å². The summed E-state index contributed by atoms with van der Waals surface area (Å²) in [7, 11) is 2.54. The number of hydrogen-bond donors (Lipinski definition) is 7. The molecule has 12 N–H and O–H groups in total. The van der Waals surface area contributed by atoms with Gasteiger partial charge in [0.15, 0.2) is 10.3 Å². The number of amidine groups is 1. The van der Waals surface area contributed by atoms with Crippen LogP contribution >= 0.6 is 147 Å². The molecule has 438 valence electrons. The molecule has 0 saturated heterocycles. The van der Waals surface area contributed by atoms with Gasteiger partial charge in [-0.05, 0) is 102 Å². The number of anilines is 1. The van der Waals surface area contributed by atoms with Crippen LogP contribution in [0.5, 0.6) is 5.88 Å². The van der Waals surface area contributed by atoms with Crippen molar-refractivity contribution in [2.24, 2.45) is 10.2 Å². The number of nitrogens with one attached hydrogen (secondary N) is 1. The number of nitrogens with zero attached hydrogens (tertiary/aromatic N) is 11. The minimum absolute atomic E-state index is 0. The maximum absolute atomic E-state index is 10.8. The Morgan fingerprint density at radius 3 is 1.30 bits per heavy atom. The summed E-state index contributed by atoms with van der Waals surface area (Å²) in [6.07, 6.45) is 0.0833. The van der Waals surface area contributed by atoms with Crippen LogP contribution < -0.4 is 54.2 Å². The number of carbonyl (C=O) groups excluding carboxylic acids is 2. The number of Topliss-reactive ketones (excluding diaryl/α,β-unsaturated/α-hetero) is 2. The van der Waals surface area contributed by atoms with Gasteiger partial charge in [-0.3, -0.25) is 39.2 Å². The van der Waals surface area contributed by atoms with Crippen molar-refractivity contribution in [1.82, 2.24) is 46.0 Å². The third-order valence-corrected chi connectivity index (χ3v) is 6.65. The van der Waals surface area contributed by atoms with Gasteiger partial charge < -0.3 is 50.0 Å². The first-order valence-electron chi connectivity index (χ1n) is 18.2. The number of aromatic hydroxyl groups is 1. The fraction of sp³-hybridized carbons (Fsp3) is 0.400. The largest absolute Gasteiger partial charge is 1.00 e. The Morgan fingerprint density at radius 2 is 1.11 bits per heavy atom. The van der Waals surface area contributed by atoms with Crippen LogP contribution in [-0.4, -0.2) is 97.5 Å². The van der Waals surface area contributed by atoms with Crippen molar-refractivity contribution in [3.8, 4) is 11.9 Å². The molecule has 0 unspecified atom stereocenters. The van der Waals surface area contributed by atoms with Crippen LogP contribution in [0.2, 0.25) is 20.6 Å². The van der Waals surface area contributed by atoms with E-state index >= 15 is 0 Å². The van der Waals surface area contributed by atoms with Crippen molar-refractivity contribution in [1.29, 1.82) is 5.26 Å². The molecule has 76 heavy (non-hydrogen) atoms. The van der Waals surface area contributed by atoms with Crippen molar-refractivity contribution in [2.75, 3.05) is 20.0 Å². The summed E-state index contributed by atoms with van der Waals surface area (Å²) in [4.78, 5) is 78.0. The molecule has 27 nitrogen and oxygen atoms in total. The molecule has 4 rings (SSSR count). The maximum Gasteiger partial charge on any atom is 0.339 e. The monoisotopic (exact) mass is 1640 g/mol. The van der Waals surface area contributed by atoms with Crippen molar-refractivity contribution >= 4 is 187 Å². The summed E-state index contributed by atoms with van der Waals surface area (Å²) in [6.45, 7) is 18.0. The number of nitrogens with two attached hydrogens (primary N) is 3. The molecule has 0 aromatic carbocycles. The van der Waals surface area contributed by atoms with E-state index in [0.717, 1.165) is 24.3 Å². The molecule has 0 fully saturated rings. The minimum atomic E-state index is -3.22. The van der Waals surface area contributed by atoms with Crippen LogP contribution in [0.1, 0.15) is 75.7 Å².